The summed E-state index contributed by atoms with van der Waals surface area (Å²) in [6.07, 6.45) is 8.26. The van der Waals surface area contributed by atoms with Gasteiger partial charge >= 0.3 is 0 Å². The van der Waals surface area contributed by atoms with E-state index in [1.165, 1.54) is 18.9 Å². The molecule has 2 aliphatic rings. The molecule has 9 nitrogen and oxygen atoms in total. The molecular weight excluding hydrogens is 521 g/mol. The summed E-state index contributed by atoms with van der Waals surface area (Å²) in [6, 6.07) is 10.9. The van der Waals surface area contributed by atoms with Crippen LogP contribution in [0.5, 0.6) is 0 Å². The number of likely N-dealkylation sites (tertiary alicyclic amines) is 1. The van der Waals surface area contributed by atoms with Crippen LogP contribution in [0.1, 0.15) is 41.2 Å². The molecule has 1 N–H and O–H groups in total. The predicted octanol–water partition coefficient (Wildman–Crippen LogP) is 3.69. The number of carbonyl (C=O) groups is 1. The lowest BCUT2D eigenvalue weighted by atomic mass is 10.1. The number of carbonyl (C=O) groups excluding carboxylic acids is 1. The van der Waals surface area contributed by atoms with E-state index in [1.807, 2.05) is 45.2 Å². The summed E-state index contributed by atoms with van der Waals surface area (Å²) in [7, 11) is 1.86. The molecule has 10 heteroatoms. The zero-order chi connectivity index (χ0) is 28.1. The van der Waals surface area contributed by atoms with Crippen molar-refractivity contribution >= 4 is 39.2 Å². The molecule has 41 heavy (non-hydrogen) atoms. The van der Waals surface area contributed by atoms with Crippen LogP contribution in [0.15, 0.2) is 59.8 Å². The minimum absolute atomic E-state index is 0.0358. The molecule has 0 spiro atoms. The van der Waals surface area contributed by atoms with E-state index < -0.39 is 17.2 Å². The van der Waals surface area contributed by atoms with Crippen molar-refractivity contribution in [2.45, 2.75) is 25.2 Å². The Bertz CT molecular complexity index is 1840. The molecule has 7 rings (SSSR count). The summed E-state index contributed by atoms with van der Waals surface area (Å²) in [5.41, 5.74) is 3.70. The molecule has 2 aliphatic heterocycles. The van der Waals surface area contributed by atoms with Gasteiger partial charge in [0.15, 0.2) is 0 Å². The van der Waals surface area contributed by atoms with E-state index in [-0.39, 0.29) is 16.9 Å². The molecule has 2 aromatic carbocycles. The van der Waals surface area contributed by atoms with Crippen molar-refractivity contribution in [2.75, 3.05) is 44.2 Å². The number of amides is 1. The number of anilines is 1. The molecule has 1 atom stereocenters. The average Bonchev–Trinajstić information content (AvgIpc) is 3.75. The van der Waals surface area contributed by atoms with Gasteiger partial charge in [-0.25, -0.2) is 4.39 Å². The molecule has 1 unspecified atom stereocenters. The second-order valence-electron chi connectivity index (χ2n) is 11.1. The van der Waals surface area contributed by atoms with E-state index >= 15 is 4.39 Å². The summed E-state index contributed by atoms with van der Waals surface area (Å²) in [5, 5.41) is 3.16. The highest BCUT2D eigenvalue weighted by molar-refractivity contribution is 6.06. The zero-order valence-electron chi connectivity index (χ0n) is 23.0. The van der Waals surface area contributed by atoms with Gasteiger partial charge in [0.2, 0.25) is 5.43 Å². The lowest BCUT2D eigenvalue weighted by Crippen LogP contribution is -2.36. The zero-order valence-corrected chi connectivity index (χ0v) is 23.0. The lowest BCUT2D eigenvalue weighted by molar-refractivity contribution is 0.0950. The lowest BCUT2D eigenvalue weighted by Gasteiger charge is -2.21. The molecule has 2 saturated heterocycles. The van der Waals surface area contributed by atoms with E-state index in [9.17, 15) is 9.59 Å². The number of hydrogen-bond acceptors (Lipinski definition) is 6. The fourth-order valence-corrected chi connectivity index (χ4v) is 6.60. The molecule has 2 fully saturated rings. The van der Waals surface area contributed by atoms with E-state index in [2.05, 4.69) is 20.2 Å². The monoisotopic (exact) mass is 553 g/mol. The minimum atomic E-state index is -0.477. The molecule has 0 aliphatic carbocycles. The van der Waals surface area contributed by atoms with E-state index in [0.29, 0.717) is 36.5 Å². The summed E-state index contributed by atoms with van der Waals surface area (Å²) in [6.45, 7) is 4.50. The molecular formula is C31H32FN7O2. The second-order valence-corrected chi connectivity index (χ2v) is 11.1. The summed E-state index contributed by atoms with van der Waals surface area (Å²) >= 11 is 0. The number of fused-ring (bicyclic) bond motifs is 5. The van der Waals surface area contributed by atoms with Crippen molar-refractivity contribution in [1.82, 2.24) is 29.2 Å². The van der Waals surface area contributed by atoms with Gasteiger partial charge in [0, 0.05) is 57.7 Å². The third-order valence-electron chi connectivity index (χ3n) is 8.68. The van der Waals surface area contributed by atoms with Gasteiger partial charge in [-0.2, -0.15) is 0 Å². The van der Waals surface area contributed by atoms with E-state index in [4.69, 9.17) is 0 Å². The van der Waals surface area contributed by atoms with Crippen LogP contribution >= 0.6 is 0 Å². The molecule has 3 aromatic heterocycles. The molecule has 1 amide bonds. The number of nitrogens with one attached hydrogen (secondary N) is 1. The first-order valence-electron chi connectivity index (χ1n) is 14.3. The van der Waals surface area contributed by atoms with Gasteiger partial charge in [0.25, 0.3) is 5.91 Å². The Hall–Kier alpha value is -4.31. The van der Waals surface area contributed by atoms with Crippen LogP contribution in [-0.2, 0) is 7.05 Å². The summed E-state index contributed by atoms with van der Waals surface area (Å²) < 4.78 is 19.6. The van der Waals surface area contributed by atoms with Gasteiger partial charge in [-0.15, -0.1) is 0 Å². The number of pyridine rings is 1. The van der Waals surface area contributed by atoms with Crippen molar-refractivity contribution < 1.29 is 9.18 Å². The van der Waals surface area contributed by atoms with Crippen LogP contribution in [0, 0.1) is 5.82 Å². The third-order valence-corrected chi connectivity index (χ3v) is 8.68. The van der Waals surface area contributed by atoms with Crippen LogP contribution in [0.4, 0.5) is 10.1 Å². The van der Waals surface area contributed by atoms with Gasteiger partial charge in [-0.1, -0.05) is 12.1 Å². The van der Waals surface area contributed by atoms with Gasteiger partial charge in [0.05, 0.1) is 33.3 Å². The first kappa shape index (κ1) is 25.6. The van der Waals surface area contributed by atoms with Crippen LogP contribution in [0.25, 0.3) is 27.6 Å². The van der Waals surface area contributed by atoms with E-state index in [0.717, 1.165) is 42.8 Å². The van der Waals surface area contributed by atoms with Crippen molar-refractivity contribution in [3.8, 4) is 0 Å². The number of halogens is 1. The molecule has 0 radical (unpaired) electrons. The van der Waals surface area contributed by atoms with Crippen LogP contribution in [0.3, 0.4) is 0 Å². The molecule has 5 heterocycles. The number of para-hydroxylation sites is 2. The van der Waals surface area contributed by atoms with Crippen LogP contribution < -0.4 is 15.6 Å². The number of aromatic nitrogens is 4. The molecule has 5 aromatic rings. The summed E-state index contributed by atoms with van der Waals surface area (Å²) in [5.74, 6) is -0.768. The molecule has 0 bridgehead atoms. The van der Waals surface area contributed by atoms with Crippen LogP contribution in [-0.4, -0.2) is 69.0 Å². The Morgan fingerprint density at radius 1 is 1.07 bits per heavy atom. The fraction of sp³-hybridized carbons (Fsp3) is 0.355. The maximum Gasteiger partial charge on any atom is 0.259 e. The third kappa shape index (κ3) is 4.33. The van der Waals surface area contributed by atoms with Crippen molar-refractivity contribution in [1.29, 1.82) is 0 Å². The van der Waals surface area contributed by atoms with Crippen molar-refractivity contribution in [3.05, 3.63) is 82.3 Å². The topological polar surface area (TPSA) is 87.8 Å². The number of imidazole rings is 1. The average molecular weight is 554 g/mol. The number of rotatable bonds is 6. The maximum atomic E-state index is 15.8. The highest BCUT2D eigenvalue weighted by atomic mass is 19.1. The fourth-order valence-electron chi connectivity index (χ4n) is 6.60. The maximum absolute atomic E-state index is 15.8. The number of aryl methyl sites for hydroxylation is 1. The first-order chi connectivity index (χ1) is 20.0. The largest absolute Gasteiger partial charge is 0.368 e. The second kappa shape index (κ2) is 10.3. The molecule has 0 saturated carbocycles. The summed E-state index contributed by atoms with van der Waals surface area (Å²) in [4.78, 5) is 40.5. The highest BCUT2D eigenvalue weighted by Gasteiger charge is 2.29. The van der Waals surface area contributed by atoms with Crippen molar-refractivity contribution in [3.63, 3.8) is 0 Å². The smallest absolute Gasteiger partial charge is 0.259 e. The number of benzene rings is 2. The Kier molecular flexibility index (Phi) is 6.42. The minimum Gasteiger partial charge on any atom is -0.368 e. The first-order valence-corrected chi connectivity index (χ1v) is 14.3. The van der Waals surface area contributed by atoms with Crippen molar-refractivity contribution in [2.24, 2.45) is 7.05 Å². The SMILES string of the molecule is Cn1c2ccccc2n2c3cc(N4CCC(c5cnccn5)C4)c(F)cc3c(=O)c(C(=O)NCCN3CCCC3)c12. The Balaban J connectivity index is 1.35. The van der Waals surface area contributed by atoms with Crippen LogP contribution in [0.2, 0.25) is 0 Å². The Labute approximate surface area is 236 Å². The predicted molar refractivity (Wildman–Crippen MR) is 157 cm³/mol. The normalized spacial score (nSPS) is 17.8. The molecule has 210 valence electrons. The highest BCUT2D eigenvalue weighted by Crippen LogP contribution is 2.34. The quantitative estimate of drug-likeness (QED) is 0.345. The van der Waals surface area contributed by atoms with Gasteiger partial charge < -0.3 is 19.7 Å². The number of hydrogen-bond donors (Lipinski definition) is 1. The van der Waals surface area contributed by atoms with Gasteiger partial charge in [0.1, 0.15) is 17.0 Å². The Morgan fingerprint density at radius 3 is 2.66 bits per heavy atom. The number of nitrogens with zero attached hydrogens (tertiary/aromatic N) is 6. The van der Waals surface area contributed by atoms with Gasteiger partial charge in [-0.3, -0.25) is 24.0 Å². The van der Waals surface area contributed by atoms with Gasteiger partial charge in [-0.05, 0) is 56.6 Å². The van der Waals surface area contributed by atoms with E-state index in [1.54, 1.807) is 24.7 Å². The standard InChI is InChI=1S/C31H32FN7O2/c1-36-24-6-2-3-7-25(24)39-26-17-27(38-14-8-20(19-38)23-18-33-9-10-34-23)22(32)16-21(26)29(40)28(31(36)39)30(41)35-11-15-37-12-4-5-13-37/h2-3,6-7,9-10,16-18,20H,4-5,8,11-15,19H2,1H3,(H,35,41). The Morgan fingerprint density at radius 2 is 1.88 bits per heavy atom.